The van der Waals surface area contributed by atoms with Gasteiger partial charge in [-0.05, 0) is 24.5 Å². The van der Waals surface area contributed by atoms with Crippen LogP contribution in [0.25, 0.3) is 0 Å². The van der Waals surface area contributed by atoms with Gasteiger partial charge in [0.05, 0.1) is 5.97 Å². The van der Waals surface area contributed by atoms with Crippen molar-refractivity contribution in [3.8, 4) is 0 Å². The van der Waals surface area contributed by atoms with Gasteiger partial charge in [0, 0.05) is 5.56 Å². The molecule has 0 spiro atoms. The third-order valence-electron chi connectivity index (χ3n) is 2.13. The molecule has 0 aromatic heterocycles. The summed E-state index contributed by atoms with van der Waals surface area (Å²) < 4.78 is 0. The monoisotopic (exact) mass is 200 g/mol. The Morgan fingerprint density at radius 1 is 1.43 bits per heavy atom. The van der Waals surface area contributed by atoms with Crippen LogP contribution in [0.4, 0.5) is 0 Å². The fraction of sp³-hybridized carbons (Fsp3) is 0.364. The second-order valence-electron chi connectivity index (χ2n) is 3.14. The minimum atomic E-state index is -1.08. The fourth-order valence-corrected chi connectivity index (χ4v) is 1.48. The van der Waals surface area contributed by atoms with Crippen molar-refractivity contribution in [3.05, 3.63) is 34.9 Å². The largest absolute Gasteiger partial charge is 1.00 e. The molecule has 0 fully saturated rings. The van der Waals surface area contributed by atoms with E-state index in [0.717, 1.165) is 24.0 Å². The van der Waals surface area contributed by atoms with Crippen LogP contribution < -0.4 is 34.7 Å². The van der Waals surface area contributed by atoms with Gasteiger partial charge in [-0.25, -0.2) is 0 Å². The second-order valence-corrected chi connectivity index (χ2v) is 3.14. The van der Waals surface area contributed by atoms with Crippen molar-refractivity contribution >= 4 is 5.97 Å². The summed E-state index contributed by atoms with van der Waals surface area (Å²) in [7, 11) is 0. The van der Waals surface area contributed by atoms with E-state index in [9.17, 15) is 9.90 Å². The van der Waals surface area contributed by atoms with Crippen LogP contribution in [0.3, 0.4) is 0 Å². The van der Waals surface area contributed by atoms with E-state index in [1.165, 1.54) is 0 Å². The van der Waals surface area contributed by atoms with E-state index in [-0.39, 0.29) is 29.6 Å². The Morgan fingerprint density at radius 2 is 2.07 bits per heavy atom. The Morgan fingerprint density at radius 3 is 2.57 bits per heavy atom. The van der Waals surface area contributed by atoms with E-state index in [2.05, 4.69) is 0 Å². The smallest absolute Gasteiger partial charge is 0.545 e. The number of aryl methyl sites for hydroxylation is 1. The van der Waals surface area contributed by atoms with Crippen molar-refractivity contribution < 1.29 is 39.5 Å². The number of benzene rings is 1. The van der Waals surface area contributed by atoms with Gasteiger partial charge in [0.2, 0.25) is 0 Å². The van der Waals surface area contributed by atoms with E-state index < -0.39 is 5.97 Å². The minimum absolute atomic E-state index is 0. The van der Waals surface area contributed by atoms with E-state index in [1.54, 1.807) is 12.1 Å². The average molecular weight is 200 g/mol. The molecule has 0 aliphatic carbocycles. The molecule has 0 heterocycles. The number of carbonyl (C=O) groups excluding carboxylic acids is 1. The van der Waals surface area contributed by atoms with Crippen LogP contribution in [0.5, 0.6) is 0 Å². The molecule has 1 aromatic carbocycles. The summed E-state index contributed by atoms with van der Waals surface area (Å²) in [5.41, 5.74) is 2.27. The molecule has 1 rings (SSSR count). The SMILES string of the molecule is CCCc1c(C)cccc1C(=O)[O-].[Na+]. The van der Waals surface area contributed by atoms with Crippen molar-refractivity contribution in [2.24, 2.45) is 0 Å². The van der Waals surface area contributed by atoms with Crippen molar-refractivity contribution in [2.45, 2.75) is 26.7 Å². The Labute approximate surface area is 107 Å². The standard InChI is InChI=1S/C11H14O2.Na/c1-3-5-9-8(2)6-4-7-10(9)11(12)13;/h4,6-7H,3,5H2,1-2H3,(H,12,13);/q;+1/p-1. The molecule has 70 valence electrons. The number of carboxylic acids is 1. The molecule has 0 amide bonds. The molecule has 0 N–H and O–H groups in total. The first-order chi connectivity index (χ1) is 6.16. The number of rotatable bonds is 3. The van der Waals surface area contributed by atoms with Crippen LogP contribution in [0.15, 0.2) is 18.2 Å². The molecule has 0 aliphatic rings. The van der Waals surface area contributed by atoms with Gasteiger partial charge in [-0.2, -0.15) is 0 Å². The first-order valence-electron chi connectivity index (χ1n) is 4.46. The summed E-state index contributed by atoms with van der Waals surface area (Å²) in [6, 6.07) is 5.28. The molecular weight excluding hydrogens is 187 g/mol. The molecule has 3 heteroatoms. The van der Waals surface area contributed by atoms with Gasteiger partial charge in [0.25, 0.3) is 0 Å². The molecule has 14 heavy (non-hydrogen) atoms. The second kappa shape index (κ2) is 6.23. The number of carbonyl (C=O) groups is 1. The normalized spacial score (nSPS) is 9.29. The maximum absolute atomic E-state index is 10.7. The molecule has 0 saturated carbocycles. The van der Waals surface area contributed by atoms with Crippen LogP contribution in [-0.4, -0.2) is 5.97 Å². The summed E-state index contributed by atoms with van der Waals surface area (Å²) in [4.78, 5) is 10.7. The first-order valence-corrected chi connectivity index (χ1v) is 4.46. The third-order valence-corrected chi connectivity index (χ3v) is 2.13. The average Bonchev–Trinajstić information content (AvgIpc) is 2.08. The van der Waals surface area contributed by atoms with E-state index in [1.807, 2.05) is 19.9 Å². The molecule has 0 aliphatic heterocycles. The van der Waals surface area contributed by atoms with Gasteiger partial charge in [0.15, 0.2) is 0 Å². The molecule has 0 unspecified atom stereocenters. The summed E-state index contributed by atoms with van der Waals surface area (Å²) >= 11 is 0. The number of aromatic carboxylic acids is 1. The van der Waals surface area contributed by atoms with Crippen LogP contribution in [0.1, 0.15) is 34.8 Å². The maximum Gasteiger partial charge on any atom is 1.00 e. The fourth-order valence-electron chi connectivity index (χ4n) is 1.48. The van der Waals surface area contributed by atoms with Crippen LogP contribution in [0.2, 0.25) is 0 Å². The van der Waals surface area contributed by atoms with Gasteiger partial charge < -0.3 is 9.90 Å². The van der Waals surface area contributed by atoms with Crippen molar-refractivity contribution in [2.75, 3.05) is 0 Å². The van der Waals surface area contributed by atoms with Gasteiger partial charge in [-0.15, -0.1) is 0 Å². The number of hydrogen-bond acceptors (Lipinski definition) is 2. The number of carboxylic acid groups (broad SMARTS) is 1. The summed E-state index contributed by atoms with van der Waals surface area (Å²) in [6.45, 7) is 3.96. The van der Waals surface area contributed by atoms with Crippen molar-refractivity contribution in [1.82, 2.24) is 0 Å². The van der Waals surface area contributed by atoms with E-state index in [0.29, 0.717) is 5.56 Å². The molecular formula is C11H13NaO2. The van der Waals surface area contributed by atoms with E-state index in [4.69, 9.17) is 0 Å². The molecule has 0 atom stereocenters. The summed E-state index contributed by atoms with van der Waals surface area (Å²) in [5, 5.41) is 10.7. The van der Waals surface area contributed by atoms with Crippen LogP contribution >= 0.6 is 0 Å². The Hall–Kier alpha value is -0.310. The number of hydrogen-bond donors (Lipinski definition) is 0. The van der Waals surface area contributed by atoms with Gasteiger partial charge >= 0.3 is 29.6 Å². The Bertz CT molecular complexity index is 321. The summed E-state index contributed by atoms with van der Waals surface area (Å²) in [6.07, 6.45) is 1.75. The zero-order valence-electron chi connectivity index (χ0n) is 8.96. The molecule has 0 bridgehead atoms. The Balaban J connectivity index is 0.00000169. The Kier molecular flexibility index (Phi) is 6.09. The zero-order valence-corrected chi connectivity index (χ0v) is 11.0. The molecule has 0 saturated heterocycles. The molecule has 0 radical (unpaired) electrons. The van der Waals surface area contributed by atoms with E-state index >= 15 is 0 Å². The maximum atomic E-state index is 10.7. The van der Waals surface area contributed by atoms with Gasteiger partial charge in [-0.3, -0.25) is 0 Å². The van der Waals surface area contributed by atoms with Crippen molar-refractivity contribution in [1.29, 1.82) is 0 Å². The third kappa shape index (κ3) is 3.12. The summed E-state index contributed by atoms with van der Waals surface area (Å²) in [5.74, 6) is -1.08. The predicted molar refractivity (Wildman–Crippen MR) is 49.5 cm³/mol. The van der Waals surface area contributed by atoms with Crippen LogP contribution in [0, 0.1) is 6.92 Å². The van der Waals surface area contributed by atoms with Gasteiger partial charge in [-0.1, -0.05) is 31.5 Å². The minimum Gasteiger partial charge on any atom is -0.545 e. The van der Waals surface area contributed by atoms with Gasteiger partial charge in [0.1, 0.15) is 0 Å². The predicted octanol–water partition coefficient (Wildman–Crippen LogP) is -1.68. The molecule has 1 aromatic rings. The van der Waals surface area contributed by atoms with Crippen molar-refractivity contribution in [3.63, 3.8) is 0 Å². The molecule has 2 nitrogen and oxygen atoms in total. The quantitative estimate of drug-likeness (QED) is 0.546. The zero-order chi connectivity index (χ0) is 9.84. The van der Waals surface area contributed by atoms with Crippen LogP contribution in [-0.2, 0) is 6.42 Å². The topological polar surface area (TPSA) is 40.1 Å². The first kappa shape index (κ1) is 13.7.